The van der Waals surface area contributed by atoms with Crippen LogP contribution in [0.15, 0.2) is 54.7 Å². The van der Waals surface area contributed by atoms with Gasteiger partial charge in [-0.1, -0.05) is 36.4 Å². The lowest BCUT2D eigenvalue weighted by Gasteiger charge is -2.36. The second-order valence-corrected chi connectivity index (χ2v) is 7.81. The van der Waals surface area contributed by atoms with Crippen LogP contribution in [-0.2, 0) is 18.3 Å². The number of hydrogen-bond acceptors (Lipinski definition) is 3. The average molecular weight is 377 g/mol. The van der Waals surface area contributed by atoms with Gasteiger partial charge in [0.1, 0.15) is 0 Å². The predicted molar refractivity (Wildman–Crippen MR) is 112 cm³/mol. The van der Waals surface area contributed by atoms with Crippen LogP contribution >= 0.6 is 0 Å². The standard InChI is InChI=1S/C23H28N4O/c1-26-22-8-7-17(13-20(22)16-25-26)14-23(28)27-11-9-19(10-12-27)21(15-24)18-5-3-2-4-6-18/h2-8,13,16,19,21H,9-12,14-15,24H2,1H3. The highest BCUT2D eigenvalue weighted by molar-refractivity contribution is 5.83. The largest absolute Gasteiger partial charge is 0.342 e. The number of benzene rings is 2. The van der Waals surface area contributed by atoms with E-state index in [9.17, 15) is 4.79 Å². The van der Waals surface area contributed by atoms with Crippen LogP contribution < -0.4 is 5.73 Å². The van der Waals surface area contributed by atoms with Crippen LogP contribution in [0.3, 0.4) is 0 Å². The third-order valence-corrected chi connectivity index (χ3v) is 6.11. The van der Waals surface area contributed by atoms with E-state index in [0.29, 0.717) is 24.8 Å². The third kappa shape index (κ3) is 3.80. The van der Waals surface area contributed by atoms with Gasteiger partial charge in [0, 0.05) is 25.5 Å². The van der Waals surface area contributed by atoms with Gasteiger partial charge in [0.25, 0.3) is 0 Å². The van der Waals surface area contributed by atoms with Crippen molar-refractivity contribution in [2.45, 2.75) is 25.2 Å². The minimum atomic E-state index is 0.214. The van der Waals surface area contributed by atoms with E-state index in [1.165, 1.54) is 5.56 Å². The zero-order chi connectivity index (χ0) is 19.5. The number of hydrogen-bond donors (Lipinski definition) is 1. The molecule has 1 fully saturated rings. The van der Waals surface area contributed by atoms with Gasteiger partial charge in [-0.2, -0.15) is 5.10 Å². The molecule has 4 rings (SSSR count). The van der Waals surface area contributed by atoms with Crippen LogP contribution in [0.5, 0.6) is 0 Å². The molecule has 0 spiro atoms. The summed E-state index contributed by atoms with van der Waals surface area (Å²) in [5.41, 5.74) is 9.55. The van der Waals surface area contributed by atoms with E-state index >= 15 is 0 Å². The monoisotopic (exact) mass is 376 g/mol. The lowest BCUT2D eigenvalue weighted by Crippen LogP contribution is -2.41. The van der Waals surface area contributed by atoms with Crippen molar-refractivity contribution in [2.75, 3.05) is 19.6 Å². The summed E-state index contributed by atoms with van der Waals surface area (Å²) in [7, 11) is 1.93. The molecule has 5 nitrogen and oxygen atoms in total. The number of nitrogens with zero attached hydrogens (tertiary/aromatic N) is 3. The molecule has 1 aromatic heterocycles. The van der Waals surface area contributed by atoms with Gasteiger partial charge >= 0.3 is 0 Å². The number of carbonyl (C=O) groups excluding carboxylic acids is 1. The van der Waals surface area contributed by atoms with Crippen molar-refractivity contribution in [3.63, 3.8) is 0 Å². The summed E-state index contributed by atoms with van der Waals surface area (Å²) in [5, 5.41) is 5.36. The summed E-state index contributed by atoms with van der Waals surface area (Å²) in [6, 6.07) is 16.7. The Kier molecular flexibility index (Phi) is 5.44. The molecule has 146 valence electrons. The van der Waals surface area contributed by atoms with E-state index in [2.05, 4.69) is 35.4 Å². The number of likely N-dealkylation sites (tertiary alicyclic amines) is 1. The lowest BCUT2D eigenvalue weighted by molar-refractivity contribution is -0.131. The molecule has 1 saturated heterocycles. The number of aromatic nitrogens is 2. The molecule has 0 bridgehead atoms. The van der Waals surface area contributed by atoms with Gasteiger partial charge in [0.15, 0.2) is 0 Å². The van der Waals surface area contributed by atoms with Crippen molar-refractivity contribution >= 4 is 16.8 Å². The number of nitrogens with two attached hydrogens (primary N) is 1. The number of amides is 1. The zero-order valence-electron chi connectivity index (χ0n) is 16.4. The average Bonchev–Trinajstić information content (AvgIpc) is 3.10. The normalized spacial score (nSPS) is 16.4. The van der Waals surface area contributed by atoms with Gasteiger partial charge in [-0.25, -0.2) is 0 Å². The van der Waals surface area contributed by atoms with Crippen LogP contribution in [0.1, 0.15) is 29.9 Å². The Morgan fingerprint density at radius 1 is 1.18 bits per heavy atom. The van der Waals surface area contributed by atoms with Crippen LogP contribution in [0.4, 0.5) is 0 Å². The Bertz CT molecular complexity index is 942. The fourth-order valence-corrected chi connectivity index (χ4v) is 4.46. The van der Waals surface area contributed by atoms with Gasteiger partial charge in [-0.05, 0) is 54.5 Å². The number of carbonyl (C=O) groups is 1. The molecule has 1 unspecified atom stereocenters. The van der Waals surface area contributed by atoms with Crippen molar-refractivity contribution in [3.05, 3.63) is 65.9 Å². The van der Waals surface area contributed by atoms with Crippen LogP contribution in [-0.4, -0.2) is 40.2 Å². The molecule has 1 amide bonds. The molecule has 1 atom stereocenters. The van der Waals surface area contributed by atoms with Crippen molar-refractivity contribution in [1.82, 2.24) is 14.7 Å². The van der Waals surface area contributed by atoms with E-state index in [4.69, 9.17) is 5.73 Å². The summed E-state index contributed by atoms with van der Waals surface area (Å²) >= 11 is 0. The molecule has 0 aliphatic carbocycles. The maximum Gasteiger partial charge on any atom is 0.226 e. The topological polar surface area (TPSA) is 64.2 Å². The molecule has 0 saturated carbocycles. The minimum absolute atomic E-state index is 0.214. The van der Waals surface area contributed by atoms with Gasteiger partial charge < -0.3 is 10.6 Å². The second kappa shape index (κ2) is 8.15. The van der Waals surface area contributed by atoms with Gasteiger partial charge in [0.05, 0.1) is 18.1 Å². The number of aryl methyl sites for hydroxylation is 1. The number of piperidine rings is 1. The maximum absolute atomic E-state index is 12.8. The highest BCUT2D eigenvalue weighted by Gasteiger charge is 2.28. The van der Waals surface area contributed by atoms with Crippen molar-refractivity contribution in [2.24, 2.45) is 18.7 Å². The first kappa shape index (κ1) is 18.7. The first-order valence-corrected chi connectivity index (χ1v) is 10.1. The Morgan fingerprint density at radius 3 is 2.64 bits per heavy atom. The van der Waals surface area contributed by atoms with E-state index in [-0.39, 0.29) is 5.91 Å². The van der Waals surface area contributed by atoms with E-state index in [1.807, 2.05) is 41.0 Å². The quantitative estimate of drug-likeness (QED) is 0.744. The van der Waals surface area contributed by atoms with Crippen LogP contribution in [0.2, 0.25) is 0 Å². The fraction of sp³-hybridized carbons (Fsp3) is 0.391. The molecule has 3 aromatic rings. The summed E-state index contributed by atoms with van der Waals surface area (Å²) in [6.45, 7) is 2.30. The molecule has 2 N–H and O–H groups in total. The fourth-order valence-electron chi connectivity index (χ4n) is 4.46. The zero-order valence-corrected chi connectivity index (χ0v) is 16.4. The Hall–Kier alpha value is -2.66. The second-order valence-electron chi connectivity index (χ2n) is 7.81. The van der Waals surface area contributed by atoms with E-state index in [1.54, 1.807) is 0 Å². The summed E-state index contributed by atoms with van der Waals surface area (Å²) in [6.07, 6.45) is 4.34. The molecular weight excluding hydrogens is 348 g/mol. The van der Waals surface area contributed by atoms with E-state index in [0.717, 1.165) is 42.4 Å². The first-order valence-electron chi connectivity index (χ1n) is 10.1. The Morgan fingerprint density at radius 2 is 1.93 bits per heavy atom. The summed E-state index contributed by atoms with van der Waals surface area (Å²) in [5.74, 6) is 1.14. The molecule has 2 aromatic carbocycles. The molecule has 1 aliphatic heterocycles. The van der Waals surface area contributed by atoms with Gasteiger partial charge in [0.2, 0.25) is 5.91 Å². The third-order valence-electron chi connectivity index (χ3n) is 6.11. The van der Waals surface area contributed by atoms with Crippen molar-refractivity contribution in [3.8, 4) is 0 Å². The Balaban J connectivity index is 1.36. The van der Waals surface area contributed by atoms with Crippen LogP contribution in [0.25, 0.3) is 10.9 Å². The van der Waals surface area contributed by atoms with Gasteiger partial charge in [-0.15, -0.1) is 0 Å². The summed E-state index contributed by atoms with van der Waals surface area (Å²) < 4.78 is 1.85. The first-order chi connectivity index (χ1) is 13.7. The van der Waals surface area contributed by atoms with Gasteiger partial charge in [-0.3, -0.25) is 9.48 Å². The predicted octanol–water partition coefficient (Wildman–Crippen LogP) is 3.10. The molecular formula is C23H28N4O. The maximum atomic E-state index is 12.8. The number of fused-ring (bicyclic) bond motifs is 1. The highest BCUT2D eigenvalue weighted by Crippen LogP contribution is 2.32. The smallest absolute Gasteiger partial charge is 0.226 e. The highest BCUT2D eigenvalue weighted by atomic mass is 16.2. The number of rotatable bonds is 5. The summed E-state index contributed by atoms with van der Waals surface area (Å²) in [4.78, 5) is 14.8. The minimum Gasteiger partial charge on any atom is -0.342 e. The molecule has 2 heterocycles. The van der Waals surface area contributed by atoms with Crippen molar-refractivity contribution in [1.29, 1.82) is 0 Å². The molecule has 28 heavy (non-hydrogen) atoms. The van der Waals surface area contributed by atoms with E-state index < -0.39 is 0 Å². The molecule has 0 radical (unpaired) electrons. The van der Waals surface area contributed by atoms with Crippen LogP contribution in [0, 0.1) is 5.92 Å². The SMILES string of the molecule is Cn1ncc2cc(CC(=O)N3CCC(C(CN)c4ccccc4)CC3)ccc21. The lowest BCUT2D eigenvalue weighted by atomic mass is 9.80. The molecule has 1 aliphatic rings. The Labute approximate surface area is 166 Å². The molecule has 5 heteroatoms. The van der Waals surface area contributed by atoms with Crippen molar-refractivity contribution < 1.29 is 4.79 Å².